The molecule has 0 bridgehead atoms. The lowest BCUT2D eigenvalue weighted by Gasteiger charge is -2.31. The van der Waals surface area contributed by atoms with Gasteiger partial charge in [-0.05, 0) is 19.8 Å². The Bertz CT molecular complexity index is 597. The van der Waals surface area contributed by atoms with Gasteiger partial charge in [0.05, 0.1) is 13.2 Å². The maximum atomic E-state index is 12.5. The minimum atomic E-state index is 0.192. The van der Waals surface area contributed by atoms with Crippen LogP contribution in [0.15, 0.2) is 0 Å². The quantitative estimate of drug-likeness (QED) is 0.824. The van der Waals surface area contributed by atoms with Crippen molar-refractivity contribution in [1.29, 1.82) is 0 Å². The first kappa shape index (κ1) is 17.3. The van der Waals surface area contributed by atoms with Crippen LogP contribution in [0.5, 0.6) is 0 Å². The third-order valence-corrected chi connectivity index (χ3v) is 4.83. The Hall–Kier alpha value is -1.53. The molecular formula is C18H28N4O2. The maximum absolute atomic E-state index is 12.5. The predicted octanol–water partition coefficient (Wildman–Crippen LogP) is 1.91. The summed E-state index contributed by atoms with van der Waals surface area (Å²) in [6.07, 6.45) is 2.29. The van der Waals surface area contributed by atoms with Crippen LogP contribution in [-0.2, 0) is 16.0 Å². The molecule has 3 heterocycles. The summed E-state index contributed by atoms with van der Waals surface area (Å²) in [6.45, 7) is 11.6. The highest BCUT2D eigenvalue weighted by molar-refractivity contribution is 5.95. The molecule has 3 rings (SSSR count). The van der Waals surface area contributed by atoms with Gasteiger partial charge in [-0.1, -0.05) is 13.8 Å². The van der Waals surface area contributed by atoms with Gasteiger partial charge in [0.1, 0.15) is 11.6 Å². The van der Waals surface area contributed by atoms with E-state index in [2.05, 4.69) is 23.7 Å². The number of hydrogen-bond donors (Lipinski definition) is 0. The second-order valence-electron chi connectivity index (χ2n) is 6.98. The van der Waals surface area contributed by atoms with E-state index in [0.717, 1.165) is 75.1 Å². The van der Waals surface area contributed by atoms with Crippen LogP contribution in [0.25, 0.3) is 0 Å². The number of aromatic nitrogens is 2. The van der Waals surface area contributed by atoms with Crippen LogP contribution in [-0.4, -0.2) is 60.2 Å². The standard InChI is InChI=1S/C18H28N4O2/c1-13(2)17-19-14(3)15-5-6-16(23)22(18(15)20-17)8-4-7-21-9-11-24-12-10-21/h13H,4-12H2,1-3H3. The van der Waals surface area contributed by atoms with Crippen LogP contribution in [0.3, 0.4) is 0 Å². The number of fused-ring (bicyclic) bond motifs is 1. The lowest BCUT2D eigenvalue weighted by molar-refractivity contribution is -0.119. The summed E-state index contributed by atoms with van der Waals surface area (Å²) in [4.78, 5) is 26.1. The Balaban J connectivity index is 1.72. The van der Waals surface area contributed by atoms with Gasteiger partial charge in [-0.2, -0.15) is 0 Å². The fraction of sp³-hybridized carbons (Fsp3) is 0.722. The predicted molar refractivity (Wildman–Crippen MR) is 93.4 cm³/mol. The van der Waals surface area contributed by atoms with Crippen molar-refractivity contribution >= 4 is 11.7 Å². The number of morpholine rings is 1. The van der Waals surface area contributed by atoms with E-state index in [-0.39, 0.29) is 11.8 Å². The van der Waals surface area contributed by atoms with Crippen LogP contribution in [0.1, 0.15) is 49.7 Å². The van der Waals surface area contributed by atoms with Gasteiger partial charge in [-0.25, -0.2) is 9.97 Å². The number of carbonyl (C=O) groups excluding carboxylic acids is 1. The lowest BCUT2D eigenvalue weighted by atomic mass is 10.0. The average Bonchev–Trinajstić information content (AvgIpc) is 2.57. The van der Waals surface area contributed by atoms with E-state index in [1.54, 1.807) is 0 Å². The van der Waals surface area contributed by atoms with E-state index in [4.69, 9.17) is 9.72 Å². The van der Waals surface area contributed by atoms with E-state index < -0.39 is 0 Å². The van der Waals surface area contributed by atoms with Crippen LogP contribution in [0.4, 0.5) is 5.82 Å². The maximum Gasteiger partial charge on any atom is 0.228 e. The topological polar surface area (TPSA) is 58.6 Å². The first-order chi connectivity index (χ1) is 11.6. The molecule has 1 fully saturated rings. The highest BCUT2D eigenvalue weighted by Crippen LogP contribution is 2.29. The minimum absolute atomic E-state index is 0.192. The summed E-state index contributed by atoms with van der Waals surface area (Å²) in [5, 5.41) is 0. The second-order valence-corrected chi connectivity index (χ2v) is 6.98. The van der Waals surface area contributed by atoms with Gasteiger partial charge in [0.2, 0.25) is 5.91 Å². The van der Waals surface area contributed by atoms with E-state index in [1.165, 1.54) is 0 Å². The SMILES string of the molecule is Cc1nc(C(C)C)nc2c1CCC(=O)N2CCCN1CCOCC1. The van der Waals surface area contributed by atoms with Gasteiger partial charge < -0.3 is 4.74 Å². The van der Waals surface area contributed by atoms with Crippen LogP contribution < -0.4 is 4.90 Å². The number of hydrogen-bond acceptors (Lipinski definition) is 5. The van der Waals surface area contributed by atoms with E-state index in [0.29, 0.717) is 6.42 Å². The Kier molecular flexibility index (Phi) is 5.46. The summed E-state index contributed by atoms with van der Waals surface area (Å²) in [6, 6.07) is 0. The molecule has 0 radical (unpaired) electrons. The average molecular weight is 332 g/mol. The molecule has 2 aliphatic rings. The molecular weight excluding hydrogens is 304 g/mol. The molecule has 0 aromatic carbocycles. The molecule has 0 N–H and O–H groups in total. The van der Waals surface area contributed by atoms with E-state index in [9.17, 15) is 4.79 Å². The third kappa shape index (κ3) is 3.75. The molecule has 6 heteroatoms. The fourth-order valence-corrected chi connectivity index (χ4v) is 3.37. The summed E-state index contributed by atoms with van der Waals surface area (Å²) in [5.74, 6) is 2.14. The zero-order chi connectivity index (χ0) is 17.1. The zero-order valence-corrected chi connectivity index (χ0v) is 15.0. The molecule has 1 amide bonds. The molecule has 1 saturated heterocycles. The monoisotopic (exact) mass is 332 g/mol. The van der Waals surface area contributed by atoms with Gasteiger partial charge in [0.15, 0.2) is 0 Å². The van der Waals surface area contributed by atoms with Gasteiger partial charge in [0.25, 0.3) is 0 Å². The molecule has 6 nitrogen and oxygen atoms in total. The van der Waals surface area contributed by atoms with Crippen LogP contribution in [0.2, 0.25) is 0 Å². The molecule has 1 aromatic rings. The van der Waals surface area contributed by atoms with Crippen molar-refractivity contribution in [1.82, 2.24) is 14.9 Å². The first-order valence-corrected chi connectivity index (χ1v) is 9.04. The first-order valence-electron chi connectivity index (χ1n) is 9.04. The molecule has 24 heavy (non-hydrogen) atoms. The van der Waals surface area contributed by atoms with Gasteiger partial charge in [0, 0.05) is 49.8 Å². The van der Waals surface area contributed by atoms with Crippen molar-refractivity contribution in [2.24, 2.45) is 0 Å². The molecule has 2 aliphatic heterocycles. The lowest BCUT2D eigenvalue weighted by Crippen LogP contribution is -2.41. The Morgan fingerprint density at radius 1 is 1.12 bits per heavy atom. The van der Waals surface area contributed by atoms with E-state index >= 15 is 0 Å². The number of nitrogens with zero attached hydrogens (tertiary/aromatic N) is 4. The van der Waals surface area contributed by atoms with Gasteiger partial charge >= 0.3 is 0 Å². The van der Waals surface area contributed by atoms with Gasteiger partial charge in [-0.15, -0.1) is 0 Å². The molecule has 1 aromatic heterocycles. The minimum Gasteiger partial charge on any atom is -0.379 e. The number of ether oxygens (including phenoxy) is 1. The third-order valence-electron chi connectivity index (χ3n) is 4.83. The fourth-order valence-electron chi connectivity index (χ4n) is 3.37. The molecule has 0 spiro atoms. The molecule has 0 aliphatic carbocycles. The summed E-state index contributed by atoms with van der Waals surface area (Å²) in [7, 11) is 0. The Morgan fingerprint density at radius 3 is 2.58 bits per heavy atom. The zero-order valence-electron chi connectivity index (χ0n) is 15.0. The number of rotatable bonds is 5. The van der Waals surface area contributed by atoms with Gasteiger partial charge in [-0.3, -0.25) is 14.6 Å². The highest BCUT2D eigenvalue weighted by atomic mass is 16.5. The van der Waals surface area contributed by atoms with Crippen molar-refractivity contribution in [3.05, 3.63) is 17.1 Å². The van der Waals surface area contributed by atoms with Crippen molar-refractivity contribution < 1.29 is 9.53 Å². The van der Waals surface area contributed by atoms with Crippen molar-refractivity contribution in [2.45, 2.75) is 46.0 Å². The smallest absolute Gasteiger partial charge is 0.228 e. The number of aryl methyl sites for hydroxylation is 1. The van der Waals surface area contributed by atoms with Crippen molar-refractivity contribution in [2.75, 3.05) is 44.3 Å². The largest absolute Gasteiger partial charge is 0.379 e. The number of anilines is 1. The highest BCUT2D eigenvalue weighted by Gasteiger charge is 2.28. The normalized spacial score (nSPS) is 19.0. The van der Waals surface area contributed by atoms with Crippen LogP contribution >= 0.6 is 0 Å². The number of amides is 1. The molecule has 0 saturated carbocycles. The number of carbonyl (C=O) groups is 1. The molecule has 132 valence electrons. The summed E-state index contributed by atoms with van der Waals surface area (Å²) < 4.78 is 5.39. The second kappa shape index (κ2) is 7.57. The summed E-state index contributed by atoms with van der Waals surface area (Å²) >= 11 is 0. The Labute approximate surface area is 144 Å². The Morgan fingerprint density at radius 2 is 1.88 bits per heavy atom. The van der Waals surface area contributed by atoms with Crippen molar-refractivity contribution in [3.8, 4) is 0 Å². The molecule has 0 unspecified atom stereocenters. The van der Waals surface area contributed by atoms with Crippen molar-refractivity contribution in [3.63, 3.8) is 0 Å². The van der Waals surface area contributed by atoms with Crippen LogP contribution in [0, 0.1) is 6.92 Å². The summed E-state index contributed by atoms with van der Waals surface area (Å²) in [5.41, 5.74) is 2.17. The molecule has 0 atom stereocenters. The van der Waals surface area contributed by atoms with E-state index in [1.807, 2.05) is 11.8 Å².